The lowest BCUT2D eigenvalue weighted by atomic mass is 10.0. The molecule has 25 heavy (non-hydrogen) atoms. The Hall–Kier alpha value is -3.08. The van der Waals surface area contributed by atoms with Crippen LogP contribution in [-0.4, -0.2) is 24.8 Å². The molecule has 0 aliphatic rings. The summed E-state index contributed by atoms with van der Waals surface area (Å²) in [6, 6.07) is 12.9. The van der Waals surface area contributed by atoms with Crippen molar-refractivity contribution >= 4 is 16.9 Å². The number of rotatable bonds is 4. The van der Waals surface area contributed by atoms with Crippen LogP contribution in [0.15, 0.2) is 53.5 Å². The van der Waals surface area contributed by atoms with Crippen LogP contribution >= 0.6 is 0 Å². The number of fused-ring (bicyclic) bond motifs is 1. The fraction of sp³-hybridized carbons (Fsp3) is 0.200. The van der Waals surface area contributed by atoms with E-state index in [1.54, 1.807) is 36.1 Å². The molecule has 0 radical (unpaired) electrons. The molecule has 128 valence electrons. The van der Waals surface area contributed by atoms with Crippen molar-refractivity contribution < 1.29 is 14.3 Å². The predicted octanol–water partition coefficient (Wildman–Crippen LogP) is 3.16. The zero-order valence-electron chi connectivity index (χ0n) is 14.4. The van der Waals surface area contributed by atoms with Gasteiger partial charge in [-0.3, -0.25) is 9.59 Å². The van der Waals surface area contributed by atoms with E-state index in [0.717, 1.165) is 16.9 Å². The molecule has 3 rings (SSSR count). The third kappa shape index (κ3) is 3.26. The molecule has 0 aliphatic carbocycles. The average Bonchev–Trinajstić information content (AvgIpc) is 2.64. The number of carbonyl (C=O) groups is 1. The smallest absolute Gasteiger partial charge is 0.325 e. The van der Waals surface area contributed by atoms with Crippen LogP contribution in [0.3, 0.4) is 0 Å². The molecule has 3 aromatic rings. The number of esters is 1. The normalized spacial score (nSPS) is 10.7. The minimum Gasteiger partial charge on any atom is -0.497 e. The Labute approximate surface area is 145 Å². The van der Waals surface area contributed by atoms with Crippen molar-refractivity contribution in [3.63, 3.8) is 0 Å². The van der Waals surface area contributed by atoms with Gasteiger partial charge in [0.15, 0.2) is 5.43 Å². The summed E-state index contributed by atoms with van der Waals surface area (Å²) in [5, 5.41) is 0.572. The average molecular weight is 337 g/mol. The van der Waals surface area contributed by atoms with Gasteiger partial charge in [0.1, 0.15) is 12.3 Å². The highest BCUT2D eigenvalue weighted by atomic mass is 16.5. The summed E-state index contributed by atoms with van der Waals surface area (Å²) in [6.07, 6.45) is 1.71. The van der Waals surface area contributed by atoms with E-state index < -0.39 is 0 Å². The van der Waals surface area contributed by atoms with E-state index in [9.17, 15) is 9.59 Å². The first kappa shape index (κ1) is 16.8. The zero-order valence-corrected chi connectivity index (χ0v) is 14.4. The Kier molecular flexibility index (Phi) is 4.57. The van der Waals surface area contributed by atoms with Crippen molar-refractivity contribution in [2.24, 2.45) is 0 Å². The van der Waals surface area contributed by atoms with Gasteiger partial charge in [-0.25, -0.2) is 0 Å². The molecule has 1 heterocycles. The molecule has 0 unspecified atom stereocenters. The van der Waals surface area contributed by atoms with Crippen LogP contribution in [-0.2, 0) is 16.1 Å². The number of nitrogens with zero attached hydrogens (tertiary/aromatic N) is 1. The van der Waals surface area contributed by atoms with E-state index in [1.165, 1.54) is 7.11 Å². The second kappa shape index (κ2) is 6.81. The first-order valence-electron chi connectivity index (χ1n) is 7.88. The number of benzene rings is 2. The maximum absolute atomic E-state index is 12.9. The van der Waals surface area contributed by atoms with Crippen molar-refractivity contribution in [1.29, 1.82) is 0 Å². The first-order chi connectivity index (χ1) is 12.0. The van der Waals surface area contributed by atoms with Gasteiger partial charge in [-0.1, -0.05) is 18.2 Å². The minimum absolute atomic E-state index is 0.0416. The number of methoxy groups -OCH3 is 2. The van der Waals surface area contributed by atoms with Crippen molar-refractivity contribution in [2.75, 3.05) is 14.2 Å². The Morgan fingerprint density at radius 2 is 1.80 bits per heavy atom. The van der Waals surface area contributed by atoms with E-state index in [-0.39, 0.29) is 17.9 Å². The number of carbonyl (C=O) groups excluding carboxylic acids is 1. The summed E-state index contributed by atoms with van der Waals surface area (Å²) in [6.45, 7) is 1.99. The van der Waals surface area contributed by atoms with E-state index in [0.29, 0.717) is 16.5 Å². The van der Waals surface area contributed by atoms with Crippen LogP contribution in [0.2, 0.25) is 0 Å². The van der Waals surface area contributed by atoms with Gasteiger partial charge in [-0.05, 0) is 42.3 Å². The van der Waals surface area contributed by atoms with Gasteiger partial charge in [-0.15, -0.1) is 0 Å². The number of ether oxygens (including phenoxy) is 2. The molecule has 5 heteroatoms. The van der Waals surface area contributed by atoms with Gasteiger partial charge in [0.25, 0.3) is 0 Å². The van der Waals surface area contributed by atoms with Gasteiger partial charge in [0.2, 0.25) is 0 Å². The molecule has 0 fully saturated rings. The van der Waals surface area contributed by atoms with Crippen LogP contribution in [0.5, 0.6) is 5.75 Å². The van der Waals surface area contributed by atoms with Gasteiger partial charge >= 0.3 is 5.97 Å². The molecule has 0 saturated heterocycles. The third-order valence-electron chi connectivity index (χ3n) is 4.16. The molecule has 0 atom stereocenters. The molecule has 0 amide bonds. The summed E-state index contributed by atoms with van der Waals surface area (Å²) >= 11 is 0. The number of pyridine rings is 1. The fourth-order valence-corrected chi connectivity index (χ4v) is 2.81. The van der Waals surface area contributed by atoms with Gasteiger partial charge in [0, 0.05) is 17.1 Å². The summed E-state index contributed by atoms with van der Waals surface area (Å²) in [4.78, 5) is 24.7. The topological polar surface area (TPSA) is 57.5 Å². The Morgan fingerprint density at radius 3 is 2.44 bits per heavy atom. The van der Waals surface area contributed by atoms with Crippen molar-refractivity contribution in [3.05, 3.63) is 64.4 Å². The van der Waals surface area contributed by atoms with E-state index in [4.69, 9.17) is 9.47 Å². The Balaban J connectivity index is 2.24. The lowest BCUT2D eigenvalue weighted by Crippen LogP contribution is -2.17. The summed E-state index contributed by atoms with van der Waals surface area (Å²) < 4.78 is 11.7. The molecule has 0 spiro atoms. The van der Waals surface area contributed by atoms with Crippen LogP contribution in [0.25, 0.3) is 22.0 Å². The van der Waals surface area contributed by atoms with Gasteiger partial charge < -0.3 is 14.0 Å². The lowest BCUT2D eigenvalue weighted by Gasteiger charge is -2.13. The molecular formula is C20H19NO4. The maximum Gasteiger partial charge on any atom is 0.325 e. The monoisotopic (exact) mass is 337 g/mol. The summed E-state index contributed by atoms with van der Waals surface area (Å²) in [5.41, 5.74) is 2.96. The molecule has 5 nitrogen and oxygen atoms in total. The molecule has 1 aromatic heterocycles. The van der Waals surface area contributed by atoms with Crippen LogP contribution < -0.4 is 10.2 Å². The lowest BCUT2D eigenvalue weighted by molar-refractivity contribution is -0.141. The Bertz CT molecular complexity index is 987. The standard InChI is InChI=1S/C20H19NO4/c1-13-4-9-16-18(10-13)21(12-19(22)25-3)11-17(20(16)23)14-5-7-15(24-2)8-6-14/h4-11H,12H2,1-3H3. The van der Waals surface area contributed by atoms with Crippen LogP contribution in [0.4, 0.5) is 0 Å². The molecule has 0 N–H and O–H groups in total. The predicted molar refractivity (Wildman–Crippen MR) is 96.9 cm³/mol. The number of hydrogen-bond acceptors (Lipinski definition) is 4. The summed E-state index contributed by atoms with van der Waals surface area (Å²) in [7, 11) is 2.94. The molecule has 2 aromatic carbocycles. The number of aryl methyl sites for hydroxylation is 1. The largest absolute Gasteiger partial charge is 0.497 e. The van der Waals surface area contributed by atoms with Crippen molar-refractivity contribution in [3.8, 4) is 16.9 Å². The van der Waals surface area contributed by atoms with E-state index >= 15 is 0 Å². The highest BCUT2D eigenvalue weighted by Crippen LogP contribution is 2.23. The molecule has 0 saturated carbocycles. The highest BCUT2D eigenvalue weighted by Gasteiger charge is 2.13. The van der Waals surface area contributed by atoms with Crippen molar-refractivity contribution in [2.45, 2.75) is 13.5 Å². The fourth-order valence-electron chi connectivity index (χ4n) is 2.81. The SMILES string of the molecule is COC(=O)Cn1cc(-c2ccc(OC)cc2)c(=O)c2ccc(C)cc21. The van der Waals surface area contributed by atoms with E-state index in [2.05, 4.69) is 0 Å². The zero-order chi connectivity index (χ0) is 18.0. The first-order valence-corrected chi connectivity index (χ1v) is 7.88. The minimum atomic E-state index is -0.368. The highest BCUT2D eigenvalue weighted by molar-refractivity contribution is 5.86. The summed E-state index contributed by atoms with van der Waals surface area (Å²) in [5.74, 6) is 0.349. The second-order valence-corrected chi connectivity index (χ2v) is 5.83. The Morgan fingerprint density at radius 1 is 1.08 bits per heavy atom. The maximum atomic E-state index is 12.9. The number of aromatic nitrogens is 1. The van der Waals surface area contributed by atoms with Gasteiger partial charge in [-0.2, -0.15) is 0 Å². The number of hydrogen-bond donors (Lipinski definition) is 0. The van der Waals surface area contributed by atoms with Crippen molar-refractivity contribution in [1.82, 2.24) is 4.57 Å². The second-order valence-electron chi connectivity index (χ2n) is 5.83. The van der Waals surface area contributed by atoms with Gasteiger partial charge in [0.05, 0.1) is 19.7 Å². The van der Waals surface area contributed by atoms with Crippen LogP contribution in [0, 0.1) is 6.92 Å². The molecule has 0 bridgehead atoms. The van der Waals surface area contributed by atoms with Crippen LogP contribution in [0.1, 0.15) is 5.56 Å². The molecule has 0 aliphatic heterocycles. The quantitative estimate of drug-likeness (QED) is 0.686. The third-order valence-corrected chi connectivity index (χ3v) is 4.16. The molecular weight excluding hydrogens is 318 g/mol. The van der Waals surface area contributed by atoms with E-state index in [1.807, 2.05) is 31.2 Å².